The van der Waals surface area contributed by atoms with E-state index in [4.69, 9.17) is 4.52 Å². The second kappa shape index (κ2) is 5.32. The Morgan fingerprint density at radius 1 is 1.41 bits per heavy atom. The molecule has 3 rings (SSSR count). The third kappa shape index (κ3) is 2.38. The van der Waals surface area contributed by atoms with Gasteiger partial charge < -0.3 is 14.0 Å². The molecule has 0 bridgehead atoms. The summed E-state index contributed by atoms with van der Waals surface area (Å²) < 4.78 is 8.85. The molecule has 0 aromatic carbocycles. The number of hydrogen-bond donors (Lipinski definition) is 0. The van der Waals surface area contributed by atoms with Crippen LogP contribution in [0.3, 0.4) is 0 Å². The van der Waals surface area contributed by atoms with Gasteiger partial charge in [0.25, 0.3) is 5.91 Å². The largest absolute Gasteiger partial charge is 0.359 e. The molecule has 0 aliphatic carbocycles. The van der Waals surface area contributed by atoms with Gasteiger partial charge >= 0.3 is 0 Å². The fourth-order valence-electron chi connectivity index (χ4n) is 2.39. The minimum Gasteiger partial charge on any atom is -0.359 e. The first-order valence-corrected chi connectivity index (χ1v) is 7.17. The molecular weight excluding hydrogens is 282 g/mol. The number of hydrogen-bond acceptors (Lipinski definition) is 4. The van der Waals surface area contributed by atoms with Crippen LogP contribution in [0.5, 0.6) is 0 Å². The number of amides is 1. The summed E-state index contributed by atoms with van der Waals surface area (Å²) in [5.41, 5.74) is 2.24. The molecule has 0 atom stereocenters. The number of rotatable bonds is 4. The number of carbonyl (C=O) groups is 1. The highest BCUT2D eigenvalue weighted by Gasteiger charge is 2.20. The SMILES string of the molecule is CC(C)c1cc(CN(C)C(=O)c2cnn3ccn(C)c23)on1. The fraction of sp³-hybridized carbons (Fsp3) is 0.400. The normalized spacial score (nSPS) is 11.5. The molecule has 0 radical (unpaired) electrons. The Bertz CT molecular complexity index is 811. The lowest BCUT2D eigenvalue weighted by Gasteiger charge is -2.14. The van der Waals surface area contributed by atoms with Gasteiger partial charge in [-0.25, -0.2) is 4.52 Å². The molecule has 0 spiro atoms. The third-order valence-corrected chi connectivity index (χ3v) is 3.67. The van der Waals surface area contributed by atoms with Crippen molar-refractivity contribution in [2.24, 2.45) is 7.05 Å². The first-order chi connectivity index (χ1) is 10.5. The van der Waals surface area contributed by atoms with Gasteiger partial charge in [-0.15, -0.1) is 0 Å². The maximum Gasteiger partial charge on any atom is 0.259 e. The van der Waals surface area contributed by atoms with Crippen molar-refractivity contribution < 1.29 is 9.32 Å². The van der Waals surface area contributed by atoms with E-state index in [1.807, 2.05) is 30.1 Å². The van der Waals surface area contributed by atoms with Gasteiger partial charge in [-0.3, -0.25) is 4.79 Å². The van der Waals surface area contributed by atoms with E-state index in [0.717, 1.165) is 11.3 Å². The first-order valence-electron chi connectivity index (χ1n) is 7.17. The number of aromatic nitrogens is 4. The van der Waals surface area contributed by atoms with Crippen molar-refractivity contribution in [3.8, 4) is 0 Å². The molecule has 116 valence electrons. The van der Waals surface area contributed by atoms with Crippen molar-refractivity contribution in [3.63, 3.8) is 0 Å². The monoisotopic (exact) mass is 301 g/mol. The summed E-state index contributed by atoms with van der Waals surface area (Å²) in [5.74, 6) is 0.881. The van der Waals surface area contributed by atoms with Crippen LogP contribution in [0, 0.1) is 0 Å². The summed E-state index contributed by atoms with van der Waals surface area (Å²) in [6, 6.07) is 1.89. The molecule has 0 fully saturated rings. The number of aryl methyl sites for hydroxylation is 1. The molecule has 1 amide bonds. The Labute approximate surface area is 128 Å². The number of imidazole rings is 1. The van der Waals surface area contributed by atoms with Crippen LogP contribution in [-0.4, -0.2) is 37.2 Å². The van der Waals surface area contributed by atoms with Crippen LogP contribution >= 0.6 is 0 Å². The van der Waals surface area contributed by atoms with Crippen molar-refractivity contribution in [1.29, 1.82) is 0 Å². The molecule has 0 saturated heterocycles. The molecule has 3 heterocycles. The second-order valence-corrected chi connectivity index (χ2v) is 5.77. The van der Waals surface area contributed by atoms with E-state index in [9.17, 15) is 4.79 Å². The Morgan fingerprint density at radius 2 is 2.18 bits per heavy atom. The quantitative estimate of drug-likeness (QED) is 0.739. The highest BCUT2D eigenvalue weighted by molar-refractivity contribution is 5.99. The predicted molar refractivity (Wildman–Crippen MR) is 80.6 cm³/mol. The van der Waals surface area contributed by atoms with E-state index < -0.39 is 0 Å². The minimum atomic E-state index is -0.0979. The van der Waals surface area contributed by atoms with Gasteiger partial charge in [0.1, 0.15) is 11.2 Å². The van der Waals surface area contributed by atoms with E-state index >= 15 is 0 Å². The zero-order valence-electron chi connectivity index (χ0n) is 13.1. The van der Waals surface area contributed by atoms with Crippen LogP contribution in [0.4, 0.5) is 0 Å². The lowest BCUT2D eigenvalue weighted by molar-refractivity contribution is 0.0773. The lowest BCUT2D eigenvalue weighted by Crippen LogP contribution is -2.26. The summed E-state index contributed by atoms with van der Waals surface area (Å²) in [6.45, 7) is 4.48. The molecule has 0 aliphatic rings. The molecule has 0 N–H and O–H groups in total. The maximum atomic E-state index is 12.6. The van der Waals surface area contributed by atoms with Crippen molar-refractivity contribution in [2.45, 2.75) is 26.3 Å². The van der Waals surface area contributed by atoms with Crippen molar-refractivity contribution >= 4 is 11.6 Å². The Morgan fingerprint density at radius 3 is 2.86 bits per heavy atom. The number of nitrogens with zero attached hydrogens (tertiary/aromatic N) is 5. The van der Waals surface area contributed by atoms with E-state index in [2.05, 4.69) is 24.1 Å². The predicted octanol–water partition coefficient (Wildman–Crippen LogP) is 2.06. The van der Waals surface area contributed by atoms with Crippen molar-refractivity contribution in [2.75, 3.05) is 7.05 Å². The van der Waals surface area contributed by atoms with Crippen LogP contribution in [0.2, 0.25) is 0 Å². The van der Waals surface area contributed by atoms with Crippen LogP contribution in [0.1, 0.15) is 41.6 Å². The third-order valence-electron chi connectivity index (χ3n) is 3.67. The molecule has 0 unspecified atom stereocenters. The Hall–Kier alpha value is -2.57. The summed E-state index contributed by atoms with van der Waals surface area (Å²) in [4.78, 5) is 14.2. The minimum absolute atomic E-state index is 0.0979. The number of carbonyl (C=O) groups excluding carboxylic acids is 1. The summed E-state index contributed by atoms with van der Waals surface area (Å²) in [7, 11) is 3.63. The summed E-state index contributed by atoms with van der Waals surface area (Å²) in [5, 5.41) is 8.20. The van der Waals surface area contributed by atoms with Gasteiger partial charge in [-0.2, -0.15) is 5.10 Å². The van der Waals surface area contributed by atoms with Gasteiger partial charge in [0.2, 0.25) is 0 Å². The molecule has 0 saturated carbocycles. The lowest BCUT2D eigenvalue weighted by atomic mass is 10.1. The van der Waals surface area contributed by atoms with Gasteiger partial charge in [-0.05, 0) is 5.92 Å². The van der Waals surface area contributed by atoms with Crippen LogP contribution in [0.25, 0.3) is 5.65 Å². The number of fused-ring (bicyclic) bond motifs is 1. The molecule has 22 heavy (non-hydrogen) atoms. The van der Waals surface area contributed by atoms with Crippen LogP contribution < -0.4 is 0 Å². The van der Waals surface area contributed by atoms with Gasteiger partial charge in [-0.1, -0.05) is 19.0 Å². The van der Waals surface area contributed by atoms with Crippen molar-refractivity contribution in [1.82, 2.24) is 24.2 Å². The standard InChI is InChI=1S/C15H19N5O2/c1-10(2)13-7-11(22-17-13)9-19(4)15(21)12-8-16-20-6-5-18(3)14(12)20/h5-8,10H,9H2,1-4H3. The summed E-state index contributed by atoms with van der Waals surface area (Å²) in [6.07, 6.45) is 5.27. The zero-order valence-corrected chi connectivity index (χ0v) is 13.1. The topological polar surface area (TPSA) is 68.6 Å². The molecule has 3 aromatic rings. The maximum absolute atomic E-state index is 12.6. The molecule has 7 heteroatoms. The molecule has 0 aliphatic heterocycles. The zero-order chi connectivity index (χ0) is 15.9. The average Bonchev–Trinajstić information content (AvgIpc) is 3.16. The van der Waals surface area contributed by atoms with Gasteiger partial charge in [0, 0.05) is 32.6 Å². The molecule has 7 nitrogen and oxygen atoms in total. The highest BCUT2D eigenvalue weighted by Crippen LogP contribution is 2.17. The van der Waals surface area contributed by atoms with Crippen molar-refractivity contribution in [3.05, 3.63) is 41.7 Å². The van der Waals surface area contributed by atoms with E-state index in [1.165, 1.54) is 0 Å². The summed E-state index contributed by atoms with van der Waals surface area (Å²) >= 11 is 0. The van der Waals surface area contributed by atoms with Gasteiger partial charge in [0.15, 0.2) is 5.76 Å². The van der Waals surface area contributed by atoms with Gasteiger partial charge in [0.05, 0.1) is 18.4 Å². The average molecular weight is 301 g/mol. The highest BCUT2D eigenvalue weighted by atomic mass is 16.5. The van der Waals surface area contributed by atoms with E-state index in [0.29, 0.717) is 23.8 Å². The smallest absolute Gasteiger partial charge is 0.259 e. The fourth-order valence-corrected chi connectivity index (χ4v) is 2.39. The first kappa shape index (κ1) is 14.4. The van der Waals surface area contributed by atoms with Crippen LogP contribution in [-0.2, 0) is 13.6 Å². The Kier molecular flexibility index (Phi) is 3.48. The molecule has 3 aromatic heterocycles. The van der Waals surface area contributed by atoms with Crippen LogP contribution in [0.15, 0.2) is 29.2 Å². The van der Waals surface area contributed by atoms with E-state index in [1.54, 1.807) is 22.7 Å². The molecular formula is C15H19N5O2. The second-order valence-electron chi connectivity index (χ2n) is 5.77. The Balaban J connectivity index is 1.80. The van der Waals surface area contributed by atoms with E-state index in [-0.39, 0.29) is 5.91 Å².